The fraction of sp³-hybridized carbons (Fsp3) is 0.615. The Morgan fingerprint density at radius 3 is 2.82 bits per heavy atom. The summed E-state index contributed by atoms with van der Waals surface area (Å²) >= 11 is 0. The number of aromatic nitrogens is 1. The molecule has 0 aliphatic heterocycles. The lowest BCUT2D eigenvalue weighted by Crippen LogP contribution is -2.26. The maximum Gasteiger partial charge on any atom is 0.126 e. The number of nitrogens with zero attached hydrogens (tertiary/aromatic N) is 2. The van der Waals surface area contributed by atoms with E-state index in [1.807, 2.05) is 18.2 Å². The predicted octanol–water partition coefficient (Wildman–Crippen LogP) is 1.72. The Hall–Kier alpha value is -1.13. The first-order valence-electron chi connectivity index (χ1n) is 6.33. The van der Waals surface area contributed by atoms with Crippen molar-refractivity contribution in [3.63, 3.8) is 0 Å². The smallest absolute Gasteiger partial charge is 0.126 e. The van der Waals surface area contributed by atoms with Crippen molar-refractivity contribution in [2.75, 3.05) is 31.6 Å². The summed E-state index contributed by atoms with van der Waals surface area (Å²) in [5.74, 6) is 0.935. The monoisotopic (exact) mass is 237 g/mol. The topological polar surface area (TPSA) is 48.4 Å². The molecule has 1 aromatic heterocycles. The first kappa shape index (κ1) is 13.9. The highest BCUT2D eigenvalue weighted by atomic mass is 16.3. The van der Waals surface area contributed by atoms with E-state index >= 15 is 0 Å². The molecule has 96 valence electrons. The van der Waals surface area contributed by atoms with Crippen molar-refractivity contribution < 1.29 is 5.11 Å². The van der Waals surface area contributed by atoms with Crippen LogP contribution in [0.1, 0.15) is 26.0 Å². The second kappa shape index (κ2) is 8.03. The standard InChI is InChI=1S/C13H23N3O/c1-3-8-14-13-7-5-6-12(15-13)11-16(4-2)9-10-17/h5-7,17H,3-4,8-11H2,1-2H3,(H,14,15). The summed E-state index contributed by atoms with van der Waals surface area (Å²) in [6.07, 6.45) is 1.09. The van der Waals surface area contributed by atoms with Gasteiger partial charge >= 0.3 is 0 Å². The molecule has 0 amide bonds. The molecule has 0 fully saturated rings. The molecule has 1 aromatic rings. The van der Waals surface area contributed by atoms with E-state index < -0.39 is 0 Å². The molecule has 0 aliphatic carbocycles. The first-order valence-corrected chi connectivity index (χ1v) is 6.33. The molecule has 0 atom stereocenters. The van der Waals surface area contributed by atoms with Gasteiger partial charge in [0.15, 0.2) is 0 Å². The summed E-state index contributed by atoms with van der Waals surface area (Å²) in [7, 11) is 0. The number of rotatable bonds is 8. The summed E-state index contributed by atoms with van der Waals surface area (Å²) in [6, 6.07) is 6.03. The molecule has 0 saturated heterocycles. The number of nitrogens with one attached hydrogen (secondary N) is 1. The van der Waals surface area contributed by atoms with Gasteiger partial charge in [-0.25, -0.2) is 4.98 Å². The number of hydrogen-bond donors (Lipinski definition) is 2. The Morgan fingerprint density at radius 1 is 1.35 bits per heavy atom. The number of pyridine rings is 1. The molecule has 0 spiro atoms. The quantitative estimate of drug-likeness (QED) is 0.723. The normalized spacial score (nSPS) is 10.8. The molecule has 1 heterocycles. The zero-order valence-electron chi connectivity index (χ0n) is 10.8. The molecular formula is C13H23N3O. The van der Waals surface area contributed by atoms with Crippen molar-refractivity contribution >= 4 is 5.82 Å². The van der Waals surface area contributed by atoms with E-state index in [-0.39, 0.29) is 6.61 Å². The Balaban J connectivity index is 2.57. The third-order valence-electron chi connectivity index (χ3n) is 2.61. The zero-order chi connectivity index (χ0) is 12.5. The van der Waals surface area contributed by atoms with Crippen LogP contribution >= 0.6 is 0 Å². The highest BCUT2D eigenvalue weighted by Crippen LogP contribution is 2.07. The first-order chi connectivity index (χ1) is 8.30. The molecular weight excluding hydrogens is 214 g/mol. The van der Waals surface area contributed by atoms with Crippen LogP contribution < -0.4 is 5.32 Å². The third-order valence-corrected chi connectivity index (χ3v) is 2.61. The maximum absolute atomic E-state index is 8.94. The molecule has 1 rings (SSSR count). The van der Waals surface area contributed by atoms with E-state index in [0.29, 0.717) is 6.54 Å². The summed E-state index contributed by atoms with van der Waals surface area (Å²) < 4.78 is 0. The SMILES string of the molecule is CCCNc1cccc(CN(CC)CCO)n1. The average molecular weight is 237 g/mol. The number of anilines is 1. The fourth-order valence-electron chi connectivity index (χ4n) is 1.64. The number of hydrogen-bond acceptors (Lipinski definition) is 4. The van der Waals surface area contributed by atoms with Crippen LogP contribution in [0.15, 0.2) is 18.2 Å². The molecule has 4 heteroatoms. The van der Waals surface area contributed by atoms with E-state index in [2.05, 4.69) is 29.0 Å². The zero-order valence-corrected chi connectivity index (χ0v) is 10.8. The number of aliphatic hydroxyl groups is 1. The van der Waals surface area contributed by atoms with Gasteiger partial charge in [-0.05, 0) is 25.1 Å². The Kier molecular flexibility index (Phi) is 6.58. The van der Waals surface area contributed by atoms with E-state index in [0.717, 1.165) is 37.6 Å². The van der Waals surface area contributed by atoms with Gasteiger partial charge < -0.3 is 10.4 Å². The van der Waals surface area contributed by atoms with Crippen LogP contribution in [0.5, 0.6) is 0 Å². The highest BCUT2D eigenvalue weighted by Gasteiger charge is 2.04. The van der Waals surface area contributed by atoms with Crippen molar-refractivity contribution in [3.05, 3.63) is 23.9 Å². The molecule has 0 saturated carbocycles. The van der Waals surface area contributed by atoms with Crippen LogP contribution in [-0.2, 0) is 6.54 Å². The molecule has 0 aromatic carbocycles. The van der Waals surface area contributed by atoms with E-state index in [1.165, 1.54) is 0 Å². The van der Waals surface area contributed by atoms with Crippen LogP contribution in [0.3, 0.4) is 0 Å². The lowest BCUT2D eigenvalue weighted by atomic mass is 10.3. The van der Waals surface area contributed by atoms with Crippen LogP contribution in [0.4, 0.5) is 5.82 Å². The van der Waals surface area contributed by atoms with Crippen LogP contribution in [0.25, 0.3) is 0 Å². The van der Waals surface area contributed by atoms with Crippen molar-refractivity contribution in [1.29, 1.82) is 0 Å². The predicted molar refractivity (Wildman–Crippen MR) is 71.1 cm³/mol. The molecule has 0 aliphatic rings. The van der Waals surface area contributed by atoms with Crippen molar-refractivity contribution in [2.45, 2.75) is 26.8 Å². The summed E-state index contributed by atoms with van der Waals surface area (Å²) in [5, 5.41) is 12.2. The van der Waals surface area contributed by atoms with E-state index in [1.54, 1.807) is 0 Å². The maximum atomic E-state index is 8.94. The largest absolute Gasteiger partial charge is 0.395 e. The summed E-state index contributed by atoms with van der Waals surface area (Å²) in [4.78, 5) is 6.72. The van der Waals surface area contributed by atoms with Gasteiger partial charge in [-0.2, -0.15) is 0 Å². The van der Waals surface area contributed by atoms with Gasteiger partial charge in [-0.3, -0.25) is 4.90 Å². The van der Waals surface area contributed by atoms with Crippen LogP contribution in [-0.4, -0.2) is 41.2 Å². The molecule has 2 N–H and O–H groups in total. The minimum Gasteiger partial charge on any atom is -0.395 e. The Morgan fingerprint density at radius 2 is 2.18 bits per heavy atom. The number of likely N-dealkylation sites (N-methyl/N-ethyl adjacent to an activating group) is 1. The second-order valence-corrected chi connectivity index (χ2v) is 4.03. The van der Waals surface area contributed by atoms with Gasteiger partial charge in [0.05, 0.1) is 12.3 Å². The lowest BCUT2D eigenvalue weighted by Gasteiger charge is -2.18. The van der Waals surface area contributed by atoms with E-state index in [4.69, 9.17) is 5.11 Å². The molecule has 0 radical (unpaired) electrons. The van der Waals surface area contributed by atoms with Crippen LogP contribution in [0.2, 0.25) is 0 Å². The molecule has 17 heavy (non-hydrogen) atoms. The molecule has 0 unspecified atom stereocenters. The van der Waals surface area contributed by atoms with Crippen LogP contribution in [0, 0.1) is 0 Å². The summed E-state index contributed by atoms with van der Waals surface area (Å²) in [5.41, 5.74) is 1.04. The molecule has 0 bridgehead atoms. The fourth-order valence-corrected chi connectivity index (χ4v) is 1.64. The average Bonchev–Trinajstić information content (AvgIpc) is 2.36. The van der Waals surface area contributed by atoms with E-state index in [9.17, 15) is 0 Å². The van der Waals surface area contributed by atoms with Crippen molar-refractivity contribution in [2.24, 2.45) is 0 Å². The minimum absolute atomic E-state index is 0.196. The van der Waals surface area contributed by atoms with Crippen molar-refractivity contribution in [3.8, 4) is 0 Å². The Bertz CT molecular complexity index is 317. The Labute approximate surface area is 104 Å². The minimum atomic E-state index is 0.196. The highest BCUT2D eigenvalue weighted by molar-refractivity contribution is 5.35. The lowest BCUT2D eigenvalue weighted by molar-refractivity contribution is 0.195. The van der Waals surface area contributed by atoms with Crippen molar-refractivity contribution in [1.82, 2.24) is 9.88 Å². The van der Waals surface area contributed by atoms with Gasteiger partial charge in [0.25, 0.3) is 0 Å². The second-order valence-electron chi connectivity index (χ2n) is 4.03. The summed E-state index contributed by atoms with van der Waals surface area (Å²) in [6.45, 7) is 7.79. The molecule has 4 nitrogen and oxygen atoms in total. The van der Waals surface area contributed by atoms with Gasteiger partial charge in [-0.15, -0.1) is 0 Å². The van der Waals surface area contributed by atoms with Gasteiger partial charge in [0.1, 0.15) is 5.82 Å². The number of aliphatic hydroxyl groups excluding tert-OH is 1. The van der Waals surface area contributed by atoms with Gasteiger partial charge in [0, 0.05) is 19.6 Å². The van der Waals surface area contributed by atoms with Gasteiger partial charge in [0.2, 0.25) is 0 Å². The third kappa shape index (κ3) is 5.15. The van der Waals surface area contributed by atoms with Gasteiger partial charge in [-0.1, -0.05) is 19.9 Å².